The summed E-state index contributed by atoms with van der Waals surface area (Å²) in [5.41, 5.74) is 5.64. The van der Waals surface area contributed by atoms with Crippen LogP contribution < -0.4 is 5.32 Å². The minimum atomic E-state index is -0.500. The molecule has 0 fully saturated rings. The number of benzene rings is 1. The summed E-state index contributed by atoms with van der Waals surface area (Å²) < 4.78 is 10.3. The van der Waals surface area contributed by atoms with E-state index in [1.54, 1.807) is 6.07 Å². The van der Waals surface area contributed by atoms with Gasteiger partial charge in [0.25, 0.3) is 5.91 Å². The van der Waals surface area contributed by atoms with Crippen molar-refractivity contribution in [1.29, 1.82) is 0 Å². The van der Waals surface area contributed by atoms with E-state index in [9.17, 15) is 9.59 Å². The number of nitrogens with one attached hydrogen (secondary N) is 1. The maximum absolute atomic E-state index is 12.1. The van der Waals surface area contributed by atoms with E-state index in [4.69, 9.17) is 4.42 Å². The molecule has 1 aromatic heterocycles. The van der Waals surface area contributed by atoms with E-state index in [0.717, 1.165) is 5.76 Å². The highest BCUT2D eigenvalue weighted by Crippen LogP contribution is 2.46. The molecule has 156 valence electrons. The third-order valence-corrected chi connectivity index (χ3v) is 6.18. The number of aryl methyl sites for hydroxylation is 1. The molecule has 2 aromatic rings. The molecule has 0 spiro atoms. The van der Waals surface area contributed by atoms with E-state index >= 15 is 0 Å². The van der Waals surface area contributed by atoms with Crippen LogP contribution in [0.1, 0.15) is 79.1 Å². The molecule has 0 aliphatic heterocycles. The summed E-state index contributed by atoms with van der Waals surface area (Å²) in [6.45, 7) is 11.2. The zero-order chi connectivity index (χ0) is 21.4. The molecule has 1 heterocycles. The van der Waals surface area contributed by atoms with Crippen molar-refractivity contribution in [2.24, 2.45) is 0 Å². The summed E-state index contributed by atoms with van der Waals surface area (Å²) >= 11 is 0. The number of ether oxygens (including phenoxy) is 1. The molecule has 3 rings (SSSR count). The van der Waals surface area contributed by atoms with Crippen LogP contribution in [0.5, 0.6) is 0 Å². The molecule has 0 saturated heterocycles. The Morgan fingerprint density at radius 3 is 2.31 bits per heavy atom. The van der Waals surface area contributed by atoms with Crippen LogP contribution in [0.15, 0.2) is 28.7 Å². The quantitative estimate of drug-likeness (QED) is 0.758. The lowest BCUT2D eigenvalue weighted by molar-refractivity contribution is -0.139. The summed E-state index contributed by atoms with van der Waals surface area (Å²) in [4.78, 5) is 23.3. The number of methoxy groups -OCH3 is 1. The van der Waals surface area contributed by atoms with Crippen molar-refractivity contribution in [2.75, 3.05) is 13.7 Å². The standard InChI is InChI=1S/C24H31NO4/c1-15-11-18-19(24(4,5)10-9-23(18,2)3)13-16(15)12-17-7-8-20(29-17)22(27)25-14-21(26)28-6/h7-8,11,13H,9-10,12,14H2,1-6H3,(H,25,27). The Hall–Kier alpha value is -2.56. The Bertz CT molecular complexity index is 936. The predicted molar refractivity (Wildman–Crippen MR) is 112 cm³/mol. The van der Waals surface area contributed by atoms with Gasteiger partial charge in [-0.15, -0.1) is 0 Å². The Morgan fingerprint density at radius 1 is 1.07 bits per heavy atom. The van der Waals surface area contributed by atoms with Crippen molar-refractivity contribution >= 4 is 11.9 Å². The van der Waals surface area contributed by atoms with Crippen molar-refractivity contribution in [3.8, 4) is 0 Å². The Morgan fingerprint density at radius 2 is 1.69 bits per heavy atom. The van der Waals surface area contributed by atoms with Crippen LogP contribution in [0.2, 0.25) is 0 Å². The first-order valence-electron chi connectivity index (χ1n) is 10.1. The summed E-state index contributed by atoms with van der Waals surface area (Å²) in [5, 5.41) is 2.49. The molecule has 29 heavy (non-hydrogen) atoms. The maximum Gasteiger partial charge on any atom is 0.325 e. The lowest BCUT2D eigenvalue weighted by Gasteiger charge is -2.42. The highest BCUT2D eigenvalue weighted by molar-refractivity contribution is 5.93. The molecule has 5 heteroatoms. The van der Waals surface area contributed by atoms with Crippen LogP contribution in [0, 0.1) is 6.92 Å². The first-order valence-corrected chi connectivity index (χ1v) is 10.1. The van der Waals surface area contributed by atoms with Crippen molar-refractivity contribution in [3.05, 3.63) is 58.0 Å². The molecule has 0 saturated carbocycles. The Balaban J connectivity index is 1.82. The number of esters is 1. The molecule has 0 radical (unpaired) electrons. The van der Waals surface area contributed by atoms with Crippen LogP contribution >= 0.6 is 0 Å². The number of carbonyl (C=O) groups is 2. The molecule has 0 unspecified atom stereocenters. The van der Waals surface area contributed by atoms with E-state index in [1.807, 2.05) is 6.07 Å². The zero-order valence-corrected chi connectivity index (χ0v) is 18.3. The summed E-state index contributed by atoms with van der Waals surface area (Å²) in [6, 6.07) is 8.12. The second-order valence-corrected chi connectivity index (χ2v) is 9.29. The number of rotatable bonds is 5. The normalized spacial score (nSPS) is 16.8. The molecule has 1 amide bonds. The maximum atomic E-state index is 12.1. The SMILES string of the molecule is COC(=O)CNC(=O)c1ccc(Cc2cc3c(cc2C)C(C)(C)CCC3(C)C)o1. The van der Waals surface area contributed by atoms with Gasteiger partial charge in [0.2, 0.25) is 0 Å². The largest absolute Gasteiger partial charge is 0.468 e. The van der Waals surface area contributed by atoms with Gasteiger partial charge in [-0.1, -0.05) is 39.8 Å². The monoisotopic (exact) mass is 397 g/mol. The van der Waals surface area contributed by atoms with E-state index in [1.165, 1.54) is 42.2 Å². The molecule has 1 aromatic carbocycles. The third-order valence-electron chi connectivity index (χ3n) is 6.18. The molecule has 0 atom stereocenters. The van der Waals surface area contributed by atoms with Crippen LogP contribution in [-0.2, 0) is 26.8 Å². The summed E-state index contributed by atoms with van der Waals surface area (Å²) in [6.07, 6.45) is 2.98. The minimum Gasteiger partial charge on any atom is -0.468 e. The lowest BCUT2D eigenvalue weighted by Crippen LogP contribution is -2.34. The lowest BCUT2D eigenvalue weighted by atomic mass is 9.62. The number of carbonyl (C=O) groups excluding carboxylic acids is 2. The van der Waals surface area contributed by atoms with Crippen LogP contribution in [0.3, 0.4) is 0 Å². The van der Waals surface area contributed by atoms with E-state index < -0.39 is 11.9 Å². The van der Waals surface area contributed by atoms with E-state index in [2.05, 4.69) is 56.8 Å². The van der Waals surface area contributed by atoms with Crippen molar-refractivity contribution in [2.45, 2.75) is 64.7 Å². The number of furan rings is 1. The average Bonchev–Trinajstić information content (AvgIpc) is 3.13. The van der Waals surface area contributed by atoms with Gasteiger partial charge >= 0.3 is 5.97 Å². The number of hydrogen-bond donors (Lipinski definition) is 1. The summed E-state index contributed by atoms with van der Waals surface area (Å²) in [7, 11) is 1.28. The molecule has 1 aliphatic carbocycles. The average molecular weight is 398 g/mol. The van der Waals surface area contributed by atoms with Gasteiger partial charge in [0.15, 0.2) is 5.76 Å². The van der Waals surface area contributed by atoms with Gasteiger partial charge in [0.1, 0.15) is 12.3 Å². The number of fused-ring (bicyclic) bond motifs is 1. The zero-order valence-electron chi connectivity index (χ0n) is 18.3. The van der Waals surface area contributed by atoms with Gasteiger partial charge in [-0.05, 0) is 65.0 Å². The fraction of sp³-hybridized carbons (Fsp3) is 0.500. The molecular formula is C24H31NO4. The fourth-order valence-corrected chi connectivity index (χ4v) is 4.05. The van der Waals surface area contributed by atoms with Gasteiger partial charge < -0.3 is 14.5 Å². The number of hydrogen-bond acceptors (Lipinski definition) is 4. The Kier molecular flexibility index (Phi) is 5.61. The van der Waals surface area contributed by atoms with E-state index in [0.29, 0.717) is 6.42 Å². The van der Waals surface area contributed by atoms with Crippen molar-refractivity contribution < 1.29 is 18.7 Å². The van der Waals surface area contributed by atoms with Gasteiger partial charge in [0, 0.05) is 6.42 Å². The highest BCUT2D eigenvalue weighted by atomic mass is 16.5. The van der Waals surface area contributed by atoms with Gasteiger partial charge in [-0.2, -0.15) is 0 Å². The van der Waals surface area contributed by atoms with Crippen molar-refractivity contribution in [1.82, 2.24) is 5.32 Å². The number of amides is 1. The van der Waals surface area contributed by atoms with Crippen LogP contribution in [0.4, 0.5) is 0 Å². The topological polar surface area (TPSA) is 68.5 Å². The molecule has 1 N–H and O–H groups in total. The minimum absolute atomic E-state index is 0.148. The second kappa shape index (κ2) is 7.69. The van der Waals surface area contributed by atoms with Crippen LogP contribution in [-0.4, -0.2) is 25.5 Å². The first-order chi connectivity index (χ1) is 13.5. The second-order valence-electron chi connectivity index (χ2n) is 9.29. The molecule has 1 aliphatic rings. The van der Waals surface area contributed by atoms with Gasteiger partial charge in [-0.3, -0.25) is 9.59 Å². The Labute approximate surface area is 172 Å². The smallest absolute Gasteiger partial charge is 0.325 e. The predicted octanol–water partition coefficient (Wildman–Crippen LogP) is 4.43. The molecule has 5 nitrogen and oxygen atoms in total. The van der Waals surface area contributed by atoms with Gasteiger partial charge in [-0.25, -0.2) is 0 Å². The molecule has 0 bridgehead atoms. The third kappa shape index (κ3) is 4.39. The van der Waals surface area contributed by atoms with E-state index in [-0.39, 0.29) is 23.1 Å². The highest BCUT2D eigenvalue weighted by Gasteiger charge is 2.37. The van der Waals surface area contributed by atoms with Gasteiger partial charge in [0.05, 0.1) is 7.11 Å². The van der Waals surface area contributed by atoms with Crippen LogP contribution in [0.25, 0.3) is 0 Å². The first kappa shape index (κ1) is 21.2. The molecular weight excluding hydrogens is 366 g/mol. The summed E-state index contributed by atoms with van der Waals surface area (Å²) in [5.74, 6) is -0.00262. The van der Waals surface area contributed by atoms with Crippen molar-refractivity contribution in [3.63, 3.8) is 0 Å². The fourth-order valence-electron chi connectivity index (χ4n) is 4.05.